The minimum Gasteiger partial charge on any atom is -0.393 e. The molecule has 2 aliphatic carbocycles. The van der Waals surface area contributed by atoms with E-state index in [1.165, 1.54) is 12.8 Å². The van der Waals surface area contributed by atoms with Crippen LogP contribution in [0.2, 0.25) is 0 Å². The molecule has 0 aromatic carbocycles. The Morgan fingerprint density at radius 2 is 2.00 bits per heavy atom. The van der Waals surface area contributed by atoms with Gasteiger partial charge in [-0.3, -0.25) is 4.79 Å². The summed E-state index contributed by atoms with van der Waals surface area (Å²) in [6.45, 7) is 5.18. The van der Waals surface area contributed by atoms with Crippen molar-refractivity contribution >= 4 is 5.91 Å². The fraction of sp³-hybridized carbons (Fsp3) is 0.938. The van der Waals surface area contributed by atoms with E-state index in [2.05, 4.69) is 19.2 Å². The van der Waals surface area contributed by atoms with Gasteiger partial charge in [0.25, 0.3) is 0 Å². The number of hydrogen-bond donors (Lipinski definition) is 2. The van der Waals surface area contributed by atoms with Crippen LogP contribution in [0.4, 0.5) is 0 Å². The Morgan fingerprint density at radius 1 is 1.32 bits per heavy atom. The Hall–Kier alpha value is -0.570. The zero-order valence-corrected chi connectivity index (χ0v) is 12.5. The second kappa shape index (κ2) is 6.25. The Morgan fingerprint density at radius 3 is 2.53 bits per heavy atom. The van der Waals surface area contributed by atoms with E-state index in [0.717, 1.165) is 45.1 Å². The average Bonchev–Trinajstić information content (AvgIpc) is 2.95. The zero-order valence-electron chi connectivity index (χ0n) is 12.5. The van der Waals surface area contributed by atoms with Gasteiger partial charge >= 0.3 is 0 Å². The largest absolute Gasteiger partial charge is 0.393 e. The summed E-state index contributed by atoms with van der Waals surface area (Å²) in [4.78, 5) is 12.6. The van der Waals surface area contributed by atoms with Crippen LogP contribution in [0.3, 0.4) is 0 Å². The zero-order chi connectivity index (χ0) is 13.9. The first-order valence-electron chi connectivity index (χ1n) is 7.98. The van der Waals surface area contributed by atoms with Crippen molar-refractivity contribution in [2.75, 3.05) is 6.54 Å². The molecule has 0 heterocycles. The Bertz CT molecular complexity index is 308. The summed E-state index contributed by atoms with van der Waals surface area (Å²) in [6.07, 6.45) is 8.21. The standard InChI is InChI=1S/C16H29NO2/c1-12(2)10-16(7-3-4-8-16)15(19)17-11-13-5-6-14(18)9-13/h12-14,18H,3-11H2,1-2H3,(H,17,19). The van der Waals surface area contributed by atoms with Gasteiger partial charge in [-0.1, -0.05) is 26.7 Å². The topological polar surface area (TPSA) is 49.3 Å². The number of carbonyl (C=O) groups excluding carboxylic acids is 1. The van der Waals surface area contributed by atoms with Gasteiger partial charge in [-0.15, -0.1) is 0 Å². The summed E-state index contributed by atoms with van der Waals surface area (Å²) >= 11 is 0. The van der Waals surface area contributed by atoms with Gasteiger partial charge in [0.05, 0.1) is 6.10 Å². The Kier molecular flexibility index (Phi) is 4.88. The van der Waals surface area contributed by atoms with Crippen LogP contribution in [0.5, 0.6) is 0 Å². The third-order valence-electron chi connectivity index (χ3n) is 4.91. The molecule has 2 fully saturated rings. The monoisotopic (exact) mass is 267 g/mol. The third kappa shape index (κ3) is 3.71. The molecule has 2 rings (SSSR count). The predicted molar refractivity (Wildman–Crippen MR) is 76.7 cm³/mol. The van der Waals surface area contributed by atoms with E-state index in [9.17, 15) is 9.90 Å². The first kappa shape index (κ1) is 14.8. The first-order valence-corrected chi connectivity index (χ1v) is 7.98. The van der Waals surface area contributed by atoms with E-state index in [0.29, 0.717) is 11.8 Å². The second-order valence-electron chi connectivity index (χ2n) is 7.13. The van der Waals surface area contributed by atoms with Crippen molar-refractivity contribution in [2.24, 2.45) is 17.3 Å². The lowest BCUT2D eigenvalue weighted by molar-refractivity contribution is -0.132. The highest BCUT2D eigenvalue weighted by atomic mass is 16.3. The van der Waals surface area contributed by atoms with E-state index < -0.39 is 0 Å². The Labute approximate surface area is 117 Å². The van der Waals surface area contributed by atoms with Crippen LogP contribution in [0.15, 0.2) is 0 Å². The molecule has 0 aromatic rings. The van der Waals surface area contributed by atoms with Crippen LogP contribution < -0.4 is 5.32 Å². The molecule has 0 aliphatic heterocycles. The quantitative estimate of drug-likeness (QED) is 0.804. The molecule has 0 spiro atoms. The number of rotatable bonds is 5. The number of carbonyl (C=O) groups is 1. The highest BCUT2D eigenvalue weighted by Gasteiger charge is 2.41. The SMILES string of the molecule is CC(C)CC1(C(=O)NCC2CCC(O)C2)CCCC1. The average molecular weight is 267 g/mol. The molecule has 0 bridgehead atoms. The summed E-state index contributed by atoms with van der Waals surface area (Å²) in [5.41, 5.74) is -0.0919. The highest BCUT2D eigenvalue weighted by molar-refractivity contribution is 5.82. The van der Waals surface area contributed by atoms with Gasteiger partial charge in [-0.05, 0) is 50.4 Å². The molecule has 1 amide bonds. The van der Waals surface area contributed by atoms with Crippen molar-refractivity contribution in [1.82, 2.24) is 5.32 Å². The maximum atomic E-state index is 12.6. The van der Waals surface area contributed by atoms with E-state index in [4.69, 9.17) is 0 Å². The molecular weight excluding hydrogens is 238 g/mol. The van der Waals surface area contributed by atoms with Crippen molar-refractivity contribution < 1.29 is 9.90 Å². The normalized spacial score (nSPS) is 29.9. The van der Waals surface area contributed by atoms with Crippen LogP contribution in [0.25, 0.3) is 0 Å². The van der Waals surface area contributed by atoms with Gasteiger partial charge in [0.1, 0.15) is 0 Å². The van der Waals surface area contributed by atoms with Crippen LogP contribution >= 0.6 is 0 Å². The molecule has 0 radical (unpaired) electrons. The predicted octanol–water partition coefficient (Wildman–Crippen LogP) is 2.87. The highest BCUT2D eigenvalue weighted by Crippen LogP contribution is 2.43. The second-order valence-corrected chi connectivity index (χ2v) is 7.13. The smallest absolute Gasteiger partial charge is 0.226 e. The molecule has 19 heavy (non-hydrogen) atoms. The van der Waals surface area contributed by atoms with Crippen LogP contribution in [0.1, 0.15) is 65.2 Å². The molecule has 3 heteroatoms. The van der Waals surface area contributed by atoms with Crippen molar-refractivity contribution in [3.63, 3.8) is 0 Å². The van der Waals surface area contributed by atoms with E-state index >= 15 is 0 Å². The first-order chi connectivity index (χ1) is 9.02. The van der Waals surface area contributed by atoms with E-state index in [1.54, 1.807) is 0 Å². The molecule has 2 unspecified atom stereocenters. The molecule has 2 atom stereocenters. The van der Waals surface area contributed by atoms with Gasteiger partial charge < -0.3 is 10.4 Å². The summed E-state index contributed by atoms with van der Waals surface area (Å²) in [7, 11) is 0. The van der Waals surface area contributed by atoms with Crippen LogP contribution in [-0.4, -0.2) is 23.7 Å². The molecule has 110 valence electrons. The van der Waals surface area contributed by atoms with Crippen LogP contribution in [0, 0.1) is 17.3 Å². The fourth-order valence-electron chi connectivity index (χ4n) is 4.02. The van der Waals surface area contributed by atoms with E-state index in [1.807, 2.05) is 0 Å². The van der Waals surface area contributed by atoms with Gasteiger partial charge in [0, 0.05) is 12.0 Å². The maximum Gasteiger partial charge on any atom is 0.226 e. The van der Waals surface area contributed by atoms with Gasteiger partial charge in [-0.25, -0.2) is 0 Å². The number of hydrogen-bond acceptors (Lipinski definition) is 2. The third-order valence-corrected chi connectivity index (χ3v) is 4.91. The van der Waals surface area contributed by atoms with Crippen molar-refractivity contribution in [2.45, 2.75) is 71.3 Å². The van der Waals surface area contributed by atoms with Gasteiger partial charge in [-0.2, -0.15) is 0 Å². The van der Waals surface area contributed by atoms with Crippen molar-refractivity contribution in [3.05, 3.63) is 0 Å². The lowest BCUT2D eigenvalue weighted by Crippen LogP contribution is -2.41. The van der Waals surface area contributed by atoms with E-state index in [-0.39, 0.29) is 17.4 Å². The van der Waals surface area contributed by atoms with Gasteiger partial charge in [0.2, 0.25) is 5.91 Å². The minimum atomic E-state index is -0.141. The lowest BCUT2D eigenvalue weighted by Gasteiger charge is -2.30. The molecule has 0 aromatic heterocycles. The maximum absolute atomic E-state index is 12.6. The summed E-state index contributed by atoms with van der Waals surface area (Å²) < 4.78 is 0. The number of aliphatic hydroxyl groups is 1. The number of aliphatic hydroxyl groups excluding tert-OH is 1. The summed E-state index contributed by atoms with van der Waals surface area (Å²) in [5, 5.41) is 12.7. The summed E-state index contributed by atoms with van der Waals surface area (Å²) in [5.74, 6) is 1.34. The number of nitrogens with one attached hydrogen (secondary N) is 1. The number of amides is 1. The molecule has 2 N–H and O–H groups in total. The van der Waals surface area contributed by atoms with Crippen molar-refractivity contribution in [1.29, 1.82) is 0 Å². The molecule has 3 nitrogen and oxygen atoms in total. The summed E-state index contributed by atoms with van der Waals surface area (Å²) in [6, 6.07) is 0. The lowest BCUT2D eigenvalue weighted by atomic mass is 9.77. The molecular formula is C16H29NO2. The minimum absolute atomic E-state index is 0.0919. The van der Waals surface area contributed by atoms with Crippen LogP contribution in [-0.2, 0) is 4.79 Å². The van der Waals surface area contributed by atoms with Gasteiger partial charge in [0.15, 0.2) is 0 Å². The fourth-order valence-corrected chi connectivity index (χ4v) is 4.02. The molecule has 2 aliphatic rings. The Balaban J connectivity index is 1.85. The molecule has 0 saturated heterocycles. The molecule has 2 saturated carbocycles. The van der Waals surface area contributed by atoms with Crippen molar-refractivity contribution in [3.8, 4) is 0 Å².